The molecular formula is C15H18N4O3. The minimum Gasteiger partial charge on any atom is -0.496 e. The van der Waals surface area contributed by atoms with Gasteiger partial charge >= 0.3 is 0 Å². The number of nitrogens with one attached hydrogen (secondary N) is 1. The SMILES string of the molecule is COc1cc2c(cc1C(N)=O)ncn2CCC1CCC(=O)N1. The fourth-order valence-electron chi connectivity index (χ4n) is 2.81. The van der Waals surface area contributed by atoms with E-state index >= 15 is 0 Å². The third-order valence-electron chi connectivity index (χ3n) is 4.01. The maximum Gasteiger partial charge on any atom is 0.252 e. The van der Waals surface area contributed by atoms with Crippen LogP contribution >= 0.6 is 0 Å². The van der Waals surface area contributed by atoms with Gasteiger partial charge in [0.1, 0.15) is 5.75 Å². The standard InChI is InChI=1S/C15H18N4O3/c1-22-13-7-12-11(6-10(13)15(16)21)17-8-19(12)5-4-9-2-3-14(20)18-9/h6-9H,2-5H2,1H3,(H2,16,21)(H,18,20). The summed E-state index contributed by atoms with van der Waals surface area (Å²) in [4.78, 5) is 27.0. The number of hydrogen-bond donors (Lipinski definition) is 2. The van der Waals surface area contributed by atoms with Gasteiger partial charge in [-0.15, -0.1) is 0 Å². The number of carbonyl (C=O) groups excluding carboxylic acids is 2. The molecule has 1 aromatic carbocycles. The number of nitrogens with two attached hydrogens (primary N) is 1. The molecule has 1 fully saturated rings. The Balaban J connectivity index is 1.84. The van der Waals surface area contributed by atoms with Gasteiger partial charge in [0.15, 0.2) is 0 Å². The number of rotatable bonds is 5. The first-order valence-corrected chi connectivity index (χ1v) is 7.20. The molecule has 3 rings (SSSR count). The quantitative estimate of drug-likeness (QED) is 0.853. The number of carbonyl (C=O) groups is 2. The maximum absolute atomic E-state index is 11.4. The van der Waals surface area contributed by atoms with Gasteiger partial charge in [0.25, 0.3) is 5.91 Å². The predicted molar refractivity (Wildman–Crippen MR) is 80.6 cm³/mol. The highest BCUT2D eigenvalue weighted by Crippen LogP contribution is 2.25. The van der Waals surface area contributed by atoms with E-state index in [1.54, 1.807) is 18.5 Å². The van der Waals surface area contributed by atoms with Crippen molar-refractivity contribution < 1.29 is 14.3 Å². The maximum atomic E-state index is 11.4. The molecule has 2 aromatic rings. The van der Waals surface area contributed by atoms with E-state index in [0.717, 1.165) is 24.9 Å². The Bertz CT molecular complexity index is 738. The number of aromatic nitrogens is 2. The van der Waals surface area contributed by atoms with Gasteiger partial charge in [0.05, 0.1) is 30.0 Å². The molecule has 2 heterocycles. The molecule has 0 radical (unpaired) electrons. The van der Waals surface area contributed by atoms with Gasteiger partial charge in [-0.2, -0.15) is 0 Å². The fraction of sp³-hybridized carbons (Fsp3) is 0.400. The van der Waals surface area contributed by atoms with Gasteiger partial charge in [-0.3, -0.25) is 9.59 Å². The summed E-state index contributed by atoms with van der Waals surface area (Å²) >= 11 is 0. The molecule has 0 aliphatic carbocycles. The summed E-state index contributed by atoms with van der Waals surface area (Å²) in [5.41, 5.74) is 7.25. The Kier molecular flexibility index (Phi) is 3.70. The van der Waals surface area contributed by atoms with Gasteiger partial charge in [-0.1, -0.05) is 0 Å². The lowest BCUT2D eigenvalue weighted by atomic mass is 10.1. The largest absolute Gasteiger partial charge is 0.496 e. The van der Waals surface area contributed by atoms with E-state index in [1.165, 1.54) is 7.11 Å². The zero-order chi connectivity index (χ0) is 15.7. The summed E-state index contributed by atoms with van der Waals surface area (Å²) in [6.45, 7) is 0.737. The molecular weight excluding hydrogens is 284 g/mol. The van der Waals surface area contributed by atoms with Gasteiger partial charge in [-0.25, -0.2) is 4.98 Å². The number of ether oxygens (including phenoxy) is 1. The van der Waals surface area contributed by atoms with E-state index in [-0.39, 0.29) is 11.9 Å². The molecule has 1 aliphatic rings. The molecule has 0 saturated carbocycles. The first-order valence-electron chi connectivity index (χ1n) is 7.20. The molecule has 3 N–H and O–H groups in total. The molecule has 1 aromatic heterocycles. The normalized spacial score (nSPS) is 17.7. The monoisotopic (exact) mass is 302 g/mol. The van der Waals surface area contributed by atoms with Crippen molar-refractivity contribution in [3.63, 3.8) is 0 Å². The smallest absolute Gasteiger partial charge is 0.252 e. The van der Waals surface area contributed by atoms with E-state index in [4.69, 9.17) is 10.5 Å². The van der Waals surface area contributed by atoms with E-state index in [9.17, 15) is 9.59 Å². The number of fused-ring (bicyclic) bond motifs is 1. The Morgan fingerprint density at radius 2 is 2.36 bits per heavy atom. The van der Waals surface area contributed by atoms with Crippen LogP contribution in [0.2, 0.25) is 0 Å². The van der Waals surface area contributed by atoms with Crippen molar-refractivity contribution in [3.05, 3.63) is 24.0 Å². The Labute approximate surface area is 127 Å². The van der Waals surface area contributed by atoms with E-state index in [0.29, 0.717) is 23.3 Å². The topological polar surface area (TPSA) is 99.2 Å². The van der Waals surface area contributed by atoms with Crippen molar-refractivity contribution in [1.29, 1.82) is 0 Å². The average Bonchev–Trinajstić information content (AvgIpc) is 3.09. The minimum absolute atomic E-state index is 0.119. The van der Waals surface area contributed by atoms with Crippen molar-refractivity contribution >= 4 is 22.8 Å². The highest BCUT2D eigenvalue weighted by atomic mass is 16.5. The molecule has 1 atom stereocenters. The van der Waals surface area contributed by atoms with Crippen LogP contribution in [0.15, 0.2) is 18.5 Å². The lowest BCUT2D eigenvalue weighted by Crippen LogP contribution is -2.26. The van der Waals surface area contributed by atoms with Crippen LogP contribution in [0, 0.1) is 0 Å². The van der Waals surface area contributed by atoms with Crippen LogP contribution < -0.4 is 15.8 Å². The van der Waals surface area contributed by atoms with Crippen molar-refractivity contribution in [2.75, 3.05) is 7.11 Å². The van der Waals surface area contributed by atoms with Gasteiger partial charge < -0.3 is 20.4 Å². The van der Waals surface area contributed by atoms with Crippen LogP contribution in [0.4, 0.5) is 0 Å². The van der Waals surface area contributed by atoms with Crippen LogP contribution in [0.25, 0.3) is 11.0 Å². The molecule has 1 unspecified atom stereocenters. The van der Waals surface area contributed by atoms with Gasteiger partial charge in [-0.05, 0) is 18.9 Å². The number of primary amides is 1. The molecule has 7 nitrogen and oxygen atoms in total. The number of hydrogen-bond acceptors (Lipinski definition) is 4. The second kappa shape index (κ2) is 5.67. The van der Waals surface area contributed by atoms with Crippen LogP contribution in [-0.2, 0) is 11.3 Å². The summed E-state index contributed by atoms with van der Waals surface area (Å²) in [6, 6.07) is 3.64. The zero-order valence-electron chi connectivity index (χ0n) is 12.3. The zero-order valence-corrected chi connectivity index (χ0v) is 12.3. The van der Waals surface area contributed by atoms with Crippen molar-refractivity contribution in [3.8, 4) is 5.75 Å². The van der Waals surface area contributed by atoms with Crippen LogP contribution in [0.1, 0.15) is 29.6 Å². The van der Waals surface area contributed by atoms with Crippen LogP contribution in [0.5, 0.6) is 5.75 Å². The molecule has 22 heavy (non-hydrogen) atoms. The number of imidazole rings is 1. The van der Waals surface area contributed by atoms with Crippen LogP contribution in [-0.4, -0.2) is 34.5 Å². The number of benzene rings is 1. The lowest BCUT2D eigenvalue weighted by Gasteiger charge is -2.11. The lowest BCUT2D eigenvalue weighted by molar-refractivity contribution is -0.119. The molecule has 116 valence electrons. The van der Waals surface area contributed by atoms with Crippen molar-refractivity contribution in [2.24, 2.45) is 5.73 Å². The highest BCUT2D eigenvalue weighted by molar-refractivity contribution is 5.99. The van der Waals surface area contributed by atoms with Crippen molar-refractivity contribution in [2.45, 2.75) is 31.8 Å². The molecule has 0 spiro atoms. The summed E-state index contributed by atoms with van der Waals surface area (Å²) < 4.78 is 7.23. The van der Waals surface area contributed by atoms with Gasteiger partial charge in [0, 0.05) is 25.1 Å². The second-order valence-corrected chi connectivity index (χ2v) is 5.44. The van der Waals surface area contributed by atoms with Crippen molar-refractivity contribution in [1.82, 2.24) is 14.9 Å². The first-order chi connectivity index (χ1) is 10.6. The first kappa shape index (κ1) is 14.4. The fourth-order valence-corrected chi connectivity index (χ4v) is 2.81. The molecule has 2 amide bonds. The average molecular weight is 302 g/mol. The molecule has 1 saturated heterocycles. The molecule has 7 heteroatoms. The molecule has 0 bridgehead atoms. The Morgan fingerprint density at radius 3 is 3.00 bits per heavy atom. The third kappa shape index (κ3) is 2.61. The second-order valence-electron chi connectivity index (χ2n) is 5.44. The number of nitrogens with zero attached hydrogens (tertiary/aromatic N) is 2. The van der Waals surface area contributed by atoms with E-state index in [2.05, 4.69) is 10.3 Å². The third-order valence-corrected chi connectivity index (χ3v) is 4.01. The highest BCUT2D eigenvalue weighted by Gasteiger charge is 2.20. The number of aryl methyl sites for hydroxylation is 1. The summed E-state index contributed by atoms with van der Waals surface area (Å²) in [5, 5.41) is 2.95. The van der Waals surface area contributed by atoms with Gasteiger partial charge in [0.2, 0.25) is 5.91 Å². The summed E-state index contributed by atoms with van der Waals surface area (Å²) in [7, 11) is 1.50. The van der Waals surface area contributed by atoms with E-state index in [1.807, 2.05) is 4.57 Å². The van der Waals surface area contributed by atoms with Crippen LogP contribution in [0.3, 0.4) is 0 Å². The molecule has 1 aliphatic heterocycles. The summed E-state index contributed by atoms with van der Waals surface area (Å²) in [6.07, 6.45) is 4.05. The predicted octanol–water partition coefficient (Wildman–Crippen LogP) is 0.812. The Morgan fingerprint density at radius 1 is 1.55 bits per heavy atom. The minimum atomic E-state index is -0.540. The summed E-state index contributed by atoms with van der Waals surface area (Å²) in [5.74, 6) is 0.0196. The number of amides is 2. The van der Waals surface area contributed by atoms with E-state index < -0.39 is 5.91 Å². The number of methoxy groups -OCH3 is 1. The Hall–Kier alpha value is -2.57.